The van der Waals surface area contributed by atoms with Crippen molar-refractivity contribution in [1.82, 2.24) is 9.80 Å². The second-order valence-corrected chi connectivity index (χ2v) is 4.97. The molecular weight excluding hydrogens is 226 g/mol. The molecule has 0 atom stereocenters. The number of phenols is 1. The van der Waals surface area contributed by atoms with Crippen molar-refractivity contribution in [1.29, 1.82) is 0 Å². The van der Waals surface area contributed by atoms with E-state index in [1.165, 1.54) is 0 Å². The minimum Gasteiger partial charge on any atom is -0.508 e. The maximum absolute atomic E-state index is 9.84. The van der Waals surface area contributed by atoms with Crippen LogP contribution in [0.5, 0.6) is 5.75 Å². The summed E-state index contributed by atoms with van der Waals surface area (Å²) in [6.07, 6.45) is 1.11. The Labute approximate surface area is 110 Å². The predicted molar refractivity (Wildman–Crippen MR) is 76.6 cm³/mol. The zero-order valence-electron chi connectivity index (χ0n) is 11.7. The van der Waals surface area contributed by atoms with Crippen molar-refractivity contribution in [3.05, 3.63) is 23.8 Å². The van der Waals surface area contributed by atoms with Gasteiger partial charge in [0.2, 0.25) is 0 Å². The summed E-state index contributed by atoms with van der Waals surface area (Å²) >= 11 is 0. The summed E-state index contributed by atoms with van der Waals surface area (Å²) in [5.74, 6) is 0.329. The largest absolute Gasteiger partial charge is 0.508 e. The highest BCUT2D eigenvalue weighted by atomic mass is 16.3. The van der Waals surface area contributed by atoms with E-state index >= 15 is 0 Å². The summed E-state index contributed by atoms with van der Waals surface area (Å²) in [4.78, 5) is 4.51. The van der Waals surface area contributed by atoms with Crippen LogP contribution in [-0.4, -0.2) is 48.6 Å². The van der Waals surface area contributed by atoms with Crippen LogP contribution in [-0.2, 0) is 6.54 Å². The van der Waals surface area contributed by atoms with E-state index < -0.39 is 0 Å². The molecule has 0 spiro atoms. The normalized spacial score (nSPS) is 11.4. The minimum atomic E-state index is 0.329. The van der Waals surface area contributed by atoms with Crippen LogP contribution in [0.25, 0.3) is 0 Å². The quantitative estimate of drug-likeness (QED) is 0.572. The van der Waals surface area contributed by atoms with Crippen LogP contribution in [0.15, 0.2) is 18.2 Å². The lowest BCUT2D eigenvalue weighted by atomic mass is 10.1. The molecule has 0 unspecified atom stereocenters. The third kappa shape index (κ3) is 4.94. The topological polar surface area (TPSA) is 52.7 Å². The van der Waals surface area contributed by atoms with Crippen molar-refractivity contribution in [2.75, 3.05) is 39.5 Å². The Balaban J connectivity index is 2.66. The summed E-state index contributed by atoms with van der Waals surface area (Å²) in [7, 11) is 4.14. The van der Waals surface area contributed by atoms with Crippen LogP contribution >= 0.6 is 0 Å². The van der Waals surface area contributed by atoms with Crippen LogP contribution in [0, 0.1) is 0 Å². The number of hydrogen-bond acceptors (Lipinski definition) is 4. The molecule has 0 aromatic heterocycles. The number of benzene rings is 1. The lowest BCUT2D eigenvalue weighted by molar-refractivity contribution is 0.232. The maximum Gasteiger partial charge on any atom is 0.120 e. The number of hydrogen-bond donors (Lipinski definition) is 2. The monoisotopic (exact) mass is 251 g/mol. The van der Waals surface area contributed by atoms with E-state index in [4.69, 9.17) is 5.73 Å². The number of likely N-dealkylation sites (N-methyl/N-ethyl adjacent to an activating group) is 1. The fourth-order valence-corrected chi connectivity index (χ4v) is 1.90. The van der Waals surface area contributed by atoms with Crippen LogP contribution in [0.4, 0.5) is 5.69 Å². The van der Waals surface area contributed by atoms with Crippen molar-refractivity contribution in [3.63, 3.8) is 0 Å². The number of nitrogens with two attached hydrogens (primary N) is 1. The number of nitrogens with zero attached hydrogens (tertiary/aromatic N) is 2. The summed E-state index contributed by atoms with van der Waals surface area (Å²) in [6, 6.07) is 5.25. The molecule has 18 heavy (non-hydrogen) atoms. The van der Waals surface area contributed by atoms with E-state index in [-0.39, 0.29) is 0 Å². The number of aromatic hydroxyl groups is 1. The number of nitrogen functional groups attached to an aromatic ring is 1. The zero-order chi connectivity index (χ0) is 13.5. The van der Waals surface area contributed by atoms with E-state index in [1.54, 1.807) is 12.1 Å². The van der Waals surface area contributed by atoms with Crippen molar-refractivity contribution in [3.8, 4) is 5.75 Å². The van der Waals surface area contributed by atoms with Gasteiger partial charge in [0.1, 0.15) is 5.75 Å². The first-order valence-corrected chi connectivity index (χ1v) is 6.47. The molecule has 0 bridgehead atoms. The van der Waals surface area contributed by atoms with Gasteiger partial charge in [-0.15, -0.1) is 0 Å². The van der Waals surface area contributed by atoms with Gasteiger partial charge in [-0.05, 0) is 45.3 Å². The van der Waals surface area contributed by atoms with Crippen LogP contribution < -0.4 is 5.73 Å². The molecule has 1 rings (SSSR count). The molecule has 0 saturated heterocycles. The Morgan fingerprint density at radius 3 is 2.50 bits per heavy atom. The molecule has 0 radical (unpaired) electrons. The van der Waals surface area contributed by atoms with Crippen LogP contribution in [0.2, 0.25) is 0 Å². The van der Waals surface area contributed by atoms with Gasteiger partial charge in [-0.3, -0.25) is 4.90 Å². The second-order valence-electron chi connectivity index (χ2n) is 4.97. The van der Waals surface area contributed by atoms with Gasteiger partial charge >= 0.3 is 0 Å². The molecule has 0 aliphatic rings. The van der Waals surface area contributed by atoms with E-state index in [9.17, 15) is 5.11 Å². The van der Waals surface area contributed by atoms with Crippen molar-refractivity contribution in [2.45, 2.75) is 19.9 Å². The first kappa shape index (κ1) is 14.8. The third-order valence-electron chi connectivity index (χ3n) is 2.90. The third-order valence-corrected chi connectivity index (χ3v) is 2.90. The van der Waals surface area contributed by atoms with Crippen molar-refractivity contribution >= 4 is 5.69 Å². The zero-order valence-corrected chi connectivity index (χ0v) is 11.7. The molecule has 0 fully saturated rings. The number of rotatable bonds is 7. The molecule has 1 aromatic carbocycles. The van der Waals surface area contributed by atoms with Gasteiger partial charge in [0, 0.05) is 30.9 Å². The molecule has 4 heteroatoms. The van der Waals surface area contributed by atoms with Gasteiger partial charge in [-0.2, -0.15) is 0 Å². The van der Waals surface area contributed by atoms with E-state index in [2.05, 4.69) is 30.8 Å². The summed E-state index contributed by atoms with van der Waals surface area (Å²) in [5.41, 5.74) is 7.37. The fourth-order valence-electron chi connectivity index (χ4n) is 1.90. The summed E-state index contributed by atoms with van der Waals surface area (Å²) < 4.78 is 0. The minimum absolute atomic E-state index is 0.329. The molecule has 4 nitrogen and oxygen atoms in total. The number of anilines is 1. The molecule has 1 aromatic rings. The van der Waals surface area contributed by atoms with E-state index in [1.807, 2.05) is 6.07 Å². The Morgan fingerprint density at radius 2 is 1.89 bits per heavy atom. The number of phenolic OH excluding ortho intramolecular Hbond substituents is 1. The molecule has 3 N–H and O–H groups in total. The highest BCUT2D eigenvalue weighted by Crippen LogP contribution is 2.21. The molecule has 0 aliphatic carbocycles. The molecule has 0 aliphatic heterocycles. The van der Waals surface area contributed by atoms with Gasteiger partial charge in [-0.25, -0.2) is 0 Å². The smallest absolute Gasteiger partial charge is 0.120 e. The van der Waals surface area contributed by atoms with Gasteiger partial charge in [0.25, 0.3) is 0 Å². The second kappa shape index (κ2) is 7.24. The Morgan fingerprint density at radius 1 is 1.17 bits per heavy atom. The van der Waals surface area contributed by atoms with Crippen molar-refractivity contribution in [2.24, 2.45) is 0 Å². The lowest BCUT2D eigenvalue weighted by Gasteiger charge is -2.24. The molecular formula is C14H25N3O. The first-order chi connectivity index (χ1) is 8.52. The van der Waals surface area contributed by atoms with Gasteiger partial charge < -0.3 is 15.7 Å². The standard InChI is InChI=1S/C14H25N3O/c1-4-7-17(9-8-16(2)3)11-12-10-13(15)5-6-14(12)18/h5-6,10,18H,4,7-9,11,15H2,1-3H3. The molecule has 0 heterocycles. The van der Waals surface area contributed by atoms with Crippen LogP contribution in [0.3, 0.4) is 0 Å². The first-order valence-electron chi connectivity index (χ1n) is 6.47. The van der Waals surface area contributed by atoms with Gasteiger partial charge in [-0.1, -0.05) is 6.92 Å². The van der Waals surface area contributed by atoms with Gasteiger partial charge in [0.15, 0.2) is 0 Å². The van der Waals surface area contributed by atoms with E-state index in [0.29, 0.717) is 11.4 Å². The maximum atomic E-state index is 9.84. The lowest BCUT2D eigenvalue weighted by Crippen LogP contribution is -2.32. The summed E-state index contributed by atoms with van der Waals surface area (Å²) in [6.45, 7) is 5.96. The highest BCUT2D eigenvalue weighted by Gasteiger charge is 2.09. The van der Waals surface area contributed by atoms with Crippen LogP contribution in [0.1, 0.15) is 18.9 Å². The molecule has 102 valence electrons. The summed E-state index contributed by atoms with van der Waals surface area (Å²) in [5, 5.41) is 9.84. The van der Waals surface area contributed by atoms with Gasteiger partial charge in [0.05, 0.1) is 0 Å². The predicted octanol–water partition coefficient (Wildman–Crippen LogP) is 1.75. The molecule has 0 saturated carbocycles. The fraction of sp³-hybridized carbons (Fsp3) is 0.571. The van der Waals surface area contributed by atoms with Crippen molar-refractivity contribution < 1.29 is 5.11 Å². The molecule has 0 amide bonds. The highest BCUT2D eigenvalue weighted by molar-refractivity contribution is 5.47. The average molecular weight is 251 g/mol. The Bertz CT molecular complexity index is 366. The average Bonchev–Trinajstić information content (AvgIpc) is 2.31. The SMILES string of the molecule is CCCN(CCN(C)C)Cc1cc(N)ccc1O. The Kier molecular flexibility index (Phi) is 5.95. The Hall–Kier alpha value is -1.26. The van der Waals surface area contributed by atoms with E-state index in [0.717, 1.165) is 38.2 Å².